The van der Waals surface area contributed by atoms with Crippen LogP contribution in [0.25, 0.3) is 0 Å². The molecule has 1 atom stereocenters. The molecule has 1 unspecified atom stereocenters. The summed E-state index contributed by atoms with van der Waals surface area (Å²) >= 11 is 0. The average Bonchev–Trinajstić information content (AvgIpc) is 2.70. The van der Waals surface area contributed by atoms with Gasteiger partial charge in [0.05, 0.1) is 6.04 Å². The van der Waals surface area contributed by atoms with Crippen LogP contribution in [0.5, 0.6) is 0 Å². The van der Waals surface area contributed by atoms with Crippen molar-refractivity contribution in [1.29, 1.82) is 0 Å². The van der Waals surface area contributed by atoms with Gasteiger partial charge in [0.25, 0.3) is 0 Å². The first-order valence-corrected chi connectivity index (χ1v) is 5.99. The fourth-order valence-corrected chi connectivity index (χ4v) is 1.95. The van der Waals surface area contributed by atoms with E-state index in [0.29, 0.717) is 6.54 Å². The predicted octanol–water partition coefficient (Wildman–Crippen LogP) is 1.65. The minimum absolute atomic E-state index is 0.147. The maximum absolute atomic E-state index is 13.6. The lowest BCUT2D eigenvalue weighted by molar-refractivity contribution is 0.509. The van der Waals surface area contributed by atoms with Crippen molar-refractivity contribution in [1.82, 2.24) is 9.13 Å². The molecular weight excluding hydrogens is 252 g/mol. The van der Waals surface area contributed by atoms with E-state index in [2.05, 4.69) is 0 Å². The smallest absolute Gasteiger partial charge is 0.322 e. The highest BCUT2D eigenvalue weighted by molar-refractivity contribution is 5.21. The summed E-state index contributed by atoms with van der Waals surface area (Å²) in [6.07, 6.45) is 3.25. The molecule has 0 spiro atoms. The highest BCUT2D eigenvalue weighted by Gasteiger charge is 2.14. The molecule has 2 aromatic rings. The molecule has 0 aliphatic rings. The van der Waals surface area contributed by atoms with E-state index < -0.39 is 17.7 Å². The van der Waals surface area contributed by atoms with Gasteiger partial charge in [0, 0.05) is 37.1 Å². The minimum atomic E-state index is -0.703. The first kappa shape index (κ1) is 13.5. The minimum Gasteiger partial charge on any atom is -0.322 e. The van der Waals surface area contributed by atoms with Gasteiger partial charge < -0.3 is 5.73 Å². The summed E-state index contributed by atoms with van der Waals surface area (Å²) in [6, 6.07) is 2.54. The van der Waals surface area contributed by atoms with Crippen molar-refractivity contribution in [2.24, 2.45) is 5.73 Å². The molecule has 0 saturated heterocycles. The van der Waals surface area contributed by atoms with E-state index in [9.17, 15) is 13.6 Å². The molecule has 2 N–H and O–H groups in total. The number of nitrogens with two attached hydrogens (primary N) is 1. The van der Waals surface area contributed by atoms with Gasteiger partial charge in [-0.1, -0.05) is 6.07 Å². The molecule has 0 amide bonds. The second-order valence-corrected chi connectivity index (χ2v) is 4.29. The maximum atomic E-state index is 13.6. The number of aromatic nitrogens is 2. The molecule has 6 heteroatoms. The van der Waals surface area contributed by atoms with Crippen molar-refractivity contribution in [3.8, 4) is 0 Å². The molecule has 4 nitrogen and oxygen atoms in total. The maximum Gasteiger partial charge on any atom is 0.328 e. The van der Waals surface area contributed by atoms with Crippen LogP contribution in [0, 0.1) is 11.6 Å². The lowest BCUT2D eigenvalue weighted by atomic mass is 10.1. The van der Waals surface area contributed by atoms with Crippen LogP contribution in [0.4, 0.5) is 8.78 Å². The Morgan fingerprint density at radius 2 is 1.95 bits per heavy atom. The van der Waals surface area contributed by atoms with E-state index in [-0.39, 0.29) is 17.8 Å². The largest absolute Gasteiger partial charge is 0.328 e. The Bertz CT molecular complexity index is 633. The Morgan fingerprint density at radius 3 is 2.53 bits per heavy atom. The fraction of sp³-hybridized carbons (Fsp3) is 0.308. The van der Waals surface area contributed by atoms with Gasteiger partial charge in [-0.2, -0.15) is 0 Å². The van der Waals surface area contributed by atoms with Crippen LogP contribution < -0.4 is 11.4 Å². The Morgan fingerprint density at radius 1 is 1.26 bits per heavy atom. The van der Waals surface area contributed by atoms with Crippen LogP contribution in [0.15, 0.2) is 35.4 Å². The molecular formula is C13H15F2N3O. The van der Waals surface area contributed by atoms with E-state index in [1.807, 2.05) is 6.92 Å². The zero-order valence-corrected chi connectivity index (χ0v) is 10.5. The SMILES string of the molecule is CCn1ccn(CC(N)c2ccc(F)cc2F)c1=O. The van der Waals surface area contributed by atoms with Crippen LogP contribution in [0.2, 0.25) is 0 Å². The second-order valence-electron chi connectivity index (χ2n) is 4.29. The number of imidazole rings is 1. The highest BCUT2D eigenvalue weighted by Crippen LogP contribution is 2.17. The number of nitrogens with zero attached hydrogens (tertiary/aromatic N) is 2. The summed E-state index contributed by atoms with van der Waals surface area (Å²) in [4.78, 5) is 11.8. The third-order valence-corrected chi connectivity index (χ3v) is 3.01. The highest BCUT2D eigenvalue weighted by atomic mass is 19.1. The molecule has 0 saturated carbocycles. The van der Waals surface area contributed by atoms with Crippen molar-refractivity contribution in [3.05, 3.63) is 58.3 Å². The monoisotopic (exact) mass is 267 g/mol. The van der Waals surface area contributed by atoms with Crippen molar-refractivity contribution in [2.45, 2.75) is 26.1 Å². The number of benzene rings is 1. The van der Waals surface area contributed by atoms with Crippen LogP contribution in [-0.2, 0) is 13.1 Å². The van der Waals surface area contributed by atoms with Gasteiger partial charge in [-0.3, -0.25) is 9.13 Å². The van der Waals surface area contributed by atoms with Crippen LogP contribution in [0.3, 0.4) is 0 Å². The van der Waals surface area contributed by atoms with Gasteiger partial charge in [-0.25, -0.2) is 13.6 Å². The molecule has 0 radical (unpaired) electrons. The summed E-state index contributed by atoms with van der Waals surface area (Å²) in [6.45, 7) is 2.56. The number of aryl methyl sites for hydroxylation is 1. The Balaban J connectivity index is 2.23. The molecule has 19 heavy (non-hydrogen) atoms. The number of rotatable bonds is 4. The van der Waals surface area contributed by atoms with Gasteiger partial charge in [0.15, 0.2) is 0 Å². The normalized spacial score (nSPS) is 12.6. The number of hydrogen-bond acceptors (Lipinski definition) is 2. The van der Waals surface area contributed by atoms with Gasteiger partial charge in [-0.05, 0) is 13.0 Å². The van der Waals surface area contributed by atoms with Crippen molar-refractivity contribution in [3.63, 3.8) is 0 Å². The molecule has 2 rings (SSSR count). The van der Waals surface area contributed by atoms with Crippen molar-refractivity contribution >= 4 is 0 Å². The standard InChI is InChI=1S/C13H15F2N3O/c1-2-17-5-6-18(13(17)19)8-12(16)10-4-3-9(14)7-11(10)15/h3-7,12H,2,8,16H2,1H3. The van der Waals surface area contributed by atoms with Crippen LogP contribution in [-0.4, -0.2) is 9.13 Å². The zero-order valence-electron chi connectivity index (χ0n) is 10.5. The van der Waals surface area contributed by atoms with Gasteiger partial charge >= 0.3 is 5.69 Å². The molecule has 1 aromatic carbocycles. The number of halogens is 2. The second kappa shape index (κ2) is 5.36. The fourth-order valence-electron chi connectivity index (χ4n) is 1.95. The molecule has 0 aliphatic heterocycles. The third-order valence-electron chi connectivity index (χ3n) is 3.01. The zero-order chi connectivity index (χ0) is 14.0. The average molecular weight is 267 g/mol. The Hall–Kier alpha value is -1.95. The van der Waals surface area contributed by atoms with E-state index in [1.54, 1.807) is 12.4 Å². The molecule has 0 fully saturated rings. The topological polar surface area (TPSA) is 52.9 Å². The van der Waals surface area contributed by atoms with Gasteiger partial charge in [-0.15, -0.1) is 0 Å². The van der Waals surface area contributed by atoms with E-state index in [4.69, 9.17) is 5.73 Å². The summed E-state index contributed by atoms with van der Waals surface area (Å²) in [7, 11) is 0. The molecule has 1 aromatic heterocycles. The van der Waals surface area contributed by atoms with Crippen LogP contribution >= 0.6 is 0 Å². The summed E-state index contributed by atoms with van der Waals surface area (Å²) < 4.78 is 29.3. The third kappa shape index (κ3) is 2.73. The molecule has 0 bridgehead atoms. The van der Waals surface area contributed by atoms with Gasteiger partial charge in [0.2, 0.25) is 0 Å². The van der Waals surface area contributed by atoms with E-state index in [0.717, 1.165) is 12.1 Å². The lowest BCUT2D eigenvalue weighted by Gasteiger charge is -2.13. The Kier molecular flexibility index (Phi) is 3.80. The van der Waals surface area contributed by atoms with Crippen molar-refractivity contribution in [2.75, 3.05) is 0 Å². The quantitative estimate of drug-likeness (QED) is 0.915. The van der Waals surface area contributed by atoms with Crippen molar-refractivity contribution < 1.29 is 8.78 Å². The summed E-state index contributed by atoms with van der Waals surface area (Å²) in [5.74, 6) is -1.35. The van der Waals surface area contributed by atoms with E-state index >= 15 is 0 Å². The first-order chi connectivity index (χ1) is 9.02. The molecule has 1 heterocycles. The molecule has 0 aliphatic carbocycles. The first-order valence-electron chi connectivity index (χ1n) is 5.99. The predicted molar refractivity (Wildman–Crippen MR) is 67.7 cm³/mol. The summed E-state index contributed by atoms with van der Waals surface area (Å²) in [5, 5.41) is 0. The summed E-state index contributed by atoms with van der Waals surface area (Å²) in [5.41, 5.74) is 5.86. The lowest BCUT2D eigenvalue weighted by Crippen LogP contribution is -2.28. The van der Waals surface area contributed by atoms with E-state index in [1.165, 1.54) is 15.2 Å². The Labute approximate surface area is 109 Å². The number of hydrogen-bond donors (Lipinski definition) is 1. The van der Waals surface area contributed by atoms with Crippen LogP contribution in [0.1, 0.15) is 18.5 Å². The van der Waals surface area contributed by atoms with Gasteiger partial charge in [0.1, 0.15) is 11.6 Å². The molecule has 102 valence electrons.